The quantitative estimate of drug-likeness (QED) is 0.594. The zero-order valence-corrected chi connectivity index (χ0v) is 13.7. The molecule has 0 aliphatic rings. The Morgan fingerprint density at radius 1 is 1.05 bits per heavy atom. The maximum absolute atomic E-state index is 5.74. The van der Waals surface area contributed by atoms with Crippen LogP contribution >= 0.6 is 0 Å². The normalized spacial score (nSPS) is 10.6. The molecule has 0 amide bonds. The van der Waals surface area contributed by atoms with Gasteiger partial charge in [-0.3, -0.25) is 0 Å². The molecule has 1 N–H and O–H groups in total. The molecule has 0 saturated carbocycles. The fourth-order valence-corrected chi connectivity index (χ4v) is 2.07. The van der Waals surface area contributed by atoms with E-state index in [1.807, 2.05) is 13.0 Å². The topological polar surface area (TPSA) is 56.3 Å². The molecule has 0 aromatic carbocycles. The van der Waals surface area contributed by atoms with Gasteiger partial charge in [0.2, 0.25) is 5.88 Å². The van der Waals surface area contributed by atoms with Gasteiger partial charge in [0.25, 0.3) is 0 Å². The molecule has 0 spiro atoms. The molecule has 0 radical (unpaired) electrons. The summed E-state index contributed by atoms with van der Waals surface area (Å²) in [5.41, 5.74) is 0. The zero-order chi connectivity index (χ0) is 15.3. The van der Waals surface area contributed by atoms with Gasteiger partial charge in [-0.2, -0.15) is 4.98 Å². The summed E-state index contributed by atoms with van der Waals surface area (Å²) < 4.78 is 10.8. The molecular formula is C16H29N3O2. The van der Waals surface area contributed by atoms with Crippen molar-refractivity contribution in [3.63, 3.8) is 0 Å². The summed E-state index contributed by atoms with van der Waals surface area (Å²) >= 11 is 0. The Labute approximate surface area is 128 Å². The summed E-state index contributed by atoms with van der Waals surface area (Å²) in [4.78, 5) is 8.72. The molecule has 0 bridgehead atoms. The Bertz CT molecular complexity index is 362. The van der Waals surface area contributed by atoms with Crippen LogP contribution in [0.1, 0.15) is 58.2 Å². The predicted molar refractivity (Wildman–Crippen MR) is 85.8 cm³/mol. The average molecular weight is 295 g/mol. The van der Waals surface area contributed by atoms with Gasteiger partial charge in [-0.25, -0.2) is 4.98 Å². The molecule has 1 aromatic rings. The Balaban J connectivity index is 2.38. The van der Waals surface area contributed by atoms with Gasteiger partial charge in [0.1, 0.15) is 12.4 Å². The second-order valence-electron chi connectivity index (χ2n) is 5.09. The van der Waals surface area contributed by atoms with E-state index < -0.39 is 0 Å². The third-order valence-electron chi connectivity index (χ3n) is 3.13. The highest BCUT2D eigenvalue weighted by molar-refractivity contribution is 5.38. The number of hydrogen-bond acceptors (Lipinski definition) is 5. The molecule has 0 saturated heterocycles. The lowest BCUT2D eigenvalue weighted by Gasteiger charge is -2.10. The van der Waals surface area contributed by atoms with Crippen molar-refractivity contribution in [3.05, 3.63) is 11.9 Å². The lowest BCUT2D eigenvalue weighted by Crippen LogP contribution is -2.07. The zero-order valence-electron chi connectivity index (χ0n) is 13.7. The Kier molecular flexibility index (Phi) is 9.53. The molecule has 0 aliphatic carbocycles. The number of rotatable bonds is 12. The minimum atomic E-state index is 0.395. The number of unbranched alkanes of at least 4 members (excludes halogenated alkanes) is 5. The predicted octanol–water partition coefficient (Wildman–Crippen LogP) is 3.79. The SMILES string of the molecule is CCCCCCCCOc1cc(NCC)nc(COC)n1. The summed E-state index contributed by atoms with van der Waals surface area (Å²) in [6, 6.07) is 1.85. The smallest absolute Gasteiger partial charge is 0.218 e. The van der Waals surface area contributed by atoms with Crippen LogP contribution in [0.15, 0.2) is 6.07 Å². The first-order chi connectivity index (χ1) is 10.3. The van der Waals surface area contributed by atoms with Crippen molar-refractivity contribution in [3.8, 4) is 5.88 Å². The van der Waals surface area contributed by atoms with E-state index in [-0.39, 0.29) is 0 Å². The first kappa shape index (κ1) is 17.7. The number of nitrogens with one attached hydrogen (secondary N) is 1. The Hall–Kier alpha value is -1.36. The summed E-state index contributed by atoms with van der Waals surface area (Å²) in [6.45, 7) is 6.20. The molecule has 120 valence electrons. The van der Waals surface area contributed by atoms with Gasteiger partial charge < -0.3 is 14.8 Å². The monoisotopic (exact) mass is 295 g/mol. The lowest BCUT2D eigenvalue weighted by atomic mass is 10.1. The molecule has 21 heavy (non-hydrogen) atoms. The first-order valence-corrected chi connectivity index (χ1v) is 8.03. The summed E-state index contributed by atoms with van der Waals surface area (Å²) in [5.74, 6) is 2.06. The Morgan fingerprint density at radius 2 is 1.81 bits per heavy atom. The van der Waals surface area contributed by atoms with Gasteiger partial charge in [-0.15, -0.1) is 0 Å². The third-order valence-corrected chi connectivity index (χ3v) is 3.13. The molecule has 0 unspecified atom stereocenters. The van der Waals surface area contributed by atoms with E-state index in [0.717, 1.165) is 18.8 Å². The van der Waals surface area contributed by atoms with Gasteiger partial charge >= 0.3 is 0 Å². The van der Waals surface area contributed by atoms with Gasteiger partial charge in [-0.05, 0) is 13.3 Å². The average Bonchev–Trinajstić information content (AvgIpc) is 2.47. The molecule has 0 aliphatic heterocycles. The fourth-order valence-electron chi connectivity index (χ4n) is 2.07. The van der Waals surface area contributed by atoms with Crippen LogP contribution in [0.4, 0.5) is 5.82 Å². The standard InChI is InChI=1S/C16H29N3O2/c1-4-6-7-8-9-10-11-21-16-12-14(17-5-2)18-15(19-16)13-20-3/h12H,4-11,13H2,1-3H3,(H,17,18,19). The number of nitrogens with zero attached hydrogens (tertiary/aromatic N) is 2. The van der Waals surface area contributed by atoms with E-state index in [2.05, 4.69) is 22.2 Å². The number of methoxy groups -OCH3 is 1. The van der Waals surface area contributed by atoms with Crippen LogP contribution in [0.25, 0.3) is 0 Å². The van der Waals surface area contributed by atoms with Crippen LogP contribution in [0.3, 0.4) is 0 Å². The molecule has 1 heterocycles. The largest absolute Gasteiger partial charge is 0.478 e. The van der Waals surface area contributed by atoms with Crippen LogP contribution in [0, 0.1) is 0 Å². The van der Waals surface area contributed by atoms with Gasteiger partial charge in [0.05, 0.1) is 6.61 Å². The fraction of sp³-hybridized carbons (Fsp3) is 0.750. The number of hydrogen-bond donors (Lipinski definition) is 1. The summed E-state index contributed by atoms with van der Waals surface area (Å²) in [5, 5.41) is 3.18. The second kappa shape index (κ2) is 11.3. The number of anilines is 1. The van der Waals surface area contributed by atoms with E-state index >= 15 is 0 Å². The molecule has 5 nitrogen and oxygen atoms in total. The first-order valence-electron chi connectivity index (χ1n) is 8.03. The minimum Gasteiger partial charge on any atom is -0.478 e. The van der Waals surface area contributed by atoms with Gasteiger partial charge in [0.15, 0.2) is 5.82 Å². The van der Waals surface area contributed by atoms with Crippen molar-refractivity contribution in [2.45, 2.75) is 59.0 Å². The van der Waals surface area contributed by atoms with Crippen molar-refractivity contribution in [2.24, 2.45) is 0 Å². The molecule has 5 heteroatoms. The van der Waals surface area contributed by atoms with E-state index in [9.17, 15) is 0 Å². The van der Waals surface area contributed by atoms with Gasteiger partial charge in [0, 0.05) is 19.7 Å². The number of aromatic nitrogens is 2. The van der Waals surface area contributed by atoms with Crippen molar-refractivity contribution in [2.75, 3.05) is 25.6 Å². The molecule has 1 rings (SSSR count). The molecule has 0 fully saturated rings. The van der Waals surface area contributed by atoms with E-state index in [4.69, 9.17) is 9.47 Å². The van der Waals surface area contributed by atoms with E-state index in [0.29, 0.717) is 24.9 Å². The minimum absolute atomic E-state index is 0.395. The van der Waals surface area contributed by atoms with Crippen molar-refractivity contribution >= 4 is 5.82 Å². The maximum Gasteiger partial charge on any atom is 0.218 e. The highest BCUT2D eigenvalue weighted by Gasteiger charge is 2.05. The van der Waals surface area contributed by atoms with Crippen molar-refractivity contribution in [1.82, 2.24) is 9.97 Å². The summed E-state index contributed by atoms with van der Waals surface area (Å²) in [6.07, 6.45) is 7.52. The third kappa shape index (κ3) is 7.85. The van der Waals surface area contributed by atoms with Crippen LogP contribution in [0.5, 0.6) is 5.88 Å². The van der Waals surface area contributed by atoms with E-state index in [1.54, 1.807) is 7.11 Å². The number of ether oxygens (including phenoxy) is 2. The van der Waals surface area contributed by atoms with Crippen LogP contribution in [-0.2, 0) is 11.3 Å². The molecule has 1 aromatic heterocycles. The Morgan fingerprint density at radius 3 is 2.52 bits per heavy atom. The van der Waals surface area contributed by atoms with E-state index in [1.165, 1.54) is 32.1 Å². The summed E-state index contributed by atoms with van der Waals surface area (Å²) in [7, 11) is 1.64. The van der Waals surface area contributed by atoms with Crippen LogP contribution in [-0.4, -0.2) is 30.2 Å². The maximum atomic E-state index is 5.74. The van der Waals surface area contributed by atoms with Crippen LogP contribution in [0.2, 0.25) is 0 Å². The highest BCUT2D eigenvalue weighted by atomic mass is 16.5. The molecular weight excluding hydrogens is 266 g/mol. The highest BCUT2D eigenvalue weighted by Crippen LogP contribution is 2.15. The van der Waals surface area contributed by atoms with Crippen molar-refractivity contribution < 1.29 is 9.47 Å². The van der Waals surface area contributed by atoms with Gasteiger partial charge in [-0.1, -0.05) is 39.0 Å². The lowest BCUT2D eigenvalue weighted by molar-refractivity contribution is 0.176. The second-order valence-corrected chi connectivity index (χ2v) is 5.09. The van der Waals surface area contributed by atoms with Crippen LogP contribution < -0.4 is 10.1 Å². The van der Waals surface area contributed by atoms with Crippen molar-refractivity contribution in [1.29, 1.82) is 0 Å². The molecule has 0 atom stereocenters.